The van der Waals surface area contributed by atoms with Crippen LogP contribution in [0.2, 0.25) is 0 Å². The number of rotatable bonds is 2. The lowest BCUT2D eigenvalue weighted by molar-refractivity contribution is -0.137. The van der Waals surface area contributed by atoms with Gasteiger partial charge in [-0.15, -0.1) is 11.6 Å². The molecule has 116 valence electrons. The molecule has 9 heteroatoms. The zero-order valence-electron chi connectivity index (χ0n) is 10.5. The van der Waals surface area contributed by atoms with Crippen LogP contribution in [0.5, 0.6) is 0 Å². The Balaban J connectivity index is 2.15. The van der Waals surface area contributed by atoms with Gasteiger partial charge in [-0.2, -0.15) is 13.2 Å². The average Bonchev–Trinajstić information content (AvgIpc) is 2.61. The Hall–Kier alpha value is -1.28. The predicted octanol–water partition coefficient (Wildman–Crippen LogP) is 1.84. The minimum Gasteiger partial charge on any atom is -0.347 e. The van der Waals surface area contributed by atoms with Gasteiger partial charge in [0.1, 0.15) is 0 Å². The number of carbonyl (C=O) groups is 1. The highest BCUT2D eigenvalue weighted by Crippen LogP contribution is 2.29. The summed E-state index contributed by atoms with van der Waals surface area (Å²) in [6, 6.07) is 3.08. The summed E-state index contributed by atoms with van der Waals surface area (Å²) in [5.74, 6) is -1.36. The molecule has 1 heterocycles. The van der Waals surface area contributed by atoms with Crippen LogP contribution in [0.1, 0.15) is 15.9 Å². The van der Waals surface area contributed by atoms with Gasteiger partial charge < -0.3 is 5.32 Å². The van der Waals surface area contributed by atoms with Crippen molar-refractivity contribution in [2.75, 3.05) is 11.5 Å². The van der Waals surface area contributed by atoms with E-state index in [1.54, 1.807) is 0 Å². The van der Waals surface area contributed by atoms with Crippen LogP contribution in [0.4, 0.5) is 13.2 Å². The third kappa shape index (κ3) is 3.88. The van der Waals surface area contributed by atoms with Crippen molar-refractivity contribution in [2.45, 2.75) is 17.6 Å². The minimum absolute atomic E-state index is 0.196. The van der Waals surface area contributed by atoms with Gasteiger partial charge in [-0.3, -0.25) is 4.79 Å². The molecule has 1 saturated heterocycles. The number of hydrogen-bond donors (Lipinski definition) is 1. The Morgan fingerprint density at radius 1 is 1.29 bits per heavy atom. The van der Waals surface area contributed by atoms with Crippen molar-refractivity contribution in [3.8, 4) is 0 Å². The number of nitrogens with one attached hydrogen (secondary N) is 1. The van der Waals surface area contributed by atoms with Crippen molar-refractivity contribution in [2.24, 2.45) is 0 Å². The minimum atomic E-state index is -4.55. The van der Waals surface area contributed by atoms with Crippen molar-refractivity contribution < 1.29 is 26.4 Å². The molecule has 1 fully saturated rings. The SMILES string of the molecule is O=C(NC1CS(=O)(=O)CC1Cl)c1cccc(C(F)(F)F)c1. The summed E-state index contributed by atoms with van der Waals surface area (Å²) in [6.45, 7) is 0. The van der Waals surface area contributed by atoms with E-state index in [-0.39, 0.29) is 17.1 Å². The van der Waals surface area contributed by atoms with Crippen molar-refractivity contribution in [1.29, 1.82) is 0 Å². The number of amides is 1. The zero-order valence-corrected chi connectivity index (χ0v) is 12.1. The van der Waals surface area contributed by atoms with Crippen LogP contribution < -0.4 is 5.32 Å². The zero-order chi connectivity index (χ0) is 15.8. The van der Waals surface area contributed by atoms with Crippen LogP contribution in [-0.4, -0.2) is 37.2 Å². The molecule has 1 aromatic rings. The van der Waals surface area contributed by atoms with Gasteiger partial charge in [-0.1, -0.05) is 6.07 Å². The van der Waals surface area contributed by atoms with E-state index in [1.807, 2.05) is 0 Å². The average molecular weight is 342 g/mol. The number of alkyl halides is 4. The first kappa shape index (κ1) is 16.1. The van der Waals surface area contributed by atoms with Crippen molar-refractivity contribution >= 4 is 27.3 Å². The van der Waals surface area contributed by atoms with E-state index in [9.17, 15) is 26.4 Å². The molecule has 1 N–H and O–H groups in total. The Morgan fingerprint density at radius 2 is 1.95 bits per heavy atom. The molecule has 2 rings (SSSR count). The lowest BCUT2D eigenvalue weighted by atomic mass is 10.1. The van der Waals surface area contributed by atoms with Crippen LogP contribution in [0.3, 0.4) is 0 Å². The molecule has 1 aromatic carbocycles. The van der Waals surface area contributed by atoms with E-state index < -0.39 is 38.9 Å². The summed E-state index contributed by atoms with van der Waals surface area (Å²) < 4.78 is 60.4. The Labute approximate surface area is 124 Å². The summed E-state index contributed by atoms with van der Waals surface area (Å²) in [5, 5.41) is 1.57. The van der Waals surface area contributed by atoms with E-state index in [0.717, 1.165) is 12.1 Å². The fourth-order valence-corrected chi connectivity index (χ4v) is 4.58. The van der Waals surface area contributed by atoms with Crippen LogP contribution in [0, 0.1) is 0 Å². The second-order valence-electron chi connectivity index (χ2n) is 4.75. The lowest BCUT2D eigenvalue weighted by Gasteiger charge is -2.15. The maximum absolute atomic E-state index is 12.6. The molecule has 0 radical (unpaired) electrons. The third-order valence-electron chi connectivity index (χ3n) is 3.05. The predicted molar refractivity (Wildman–Crippen MR) is 71.0 cm³/mol. The summed E-state index contributed by atoms with van der Waals surface area (Å²) in [4.78, 5) is 11.9. The van der Waals surface area contributed by atoms with Gasteiger partial charge in [0.05, 0.1) is 28.5 Å². The first-order chi connectivity index (χ1) is 9.58. The summed E-state index contributed by atoms with van der Waals surface area (Å²) >= 11 is 5.82. The normalized spacial score (nSPS) is 24.8. The number of carbonyl (C=O) groups excluding carboxylic acids is 1. The first-order valence-electron chi connectivity index (χ1n) is 5.91. The summed E-state index contributed by atoms with van der Waals surface area (Å²) in [6.07, 6.45) is -4.55. The fraction of sp³-hybridized carbons (Fsp3) is 0.417. The molecule has 0 saturated carbocycles. The molecule has 4 nitrogen and oxygen atoms in total. The van der Waals surface area contributed by atoms with Gasteiger partial charge in [0, 0.05) is 5.56 Å². The highest BCUT2D eigenvalue weighted by atomic mass is 35.5. The molecule has 0 aliphatic carbocycles. The highest BCUT2D eigenvalue weighted by molar-refractivity contribution is 7.91. The number of sulfone groups is 1. The molecule has 0 aromatic heterocycles. The molecule has 1 amide bonds. The van der Waals surface area contributed by atoms with Crippen molar-refractivity contribution in [3.63, 3.8) is 0 Å². The van der Waals surface area contributed by atoms with Gasteiger partial charge in [0.15, 0.2) is 9.84 Å². The van der Waals surface area contributed by atoms with Gasteiger partial charge in [-0.25, -0.2) is 8.42 Å². The van der Waals surface area contributed by atoms with E-state index in [1.165, 1.54) is 6.07 Å². The van der Waals surface area contributed by atoms with E-state index >= 15 is 0 Å². The number of halogens is 4. The molecular weight excluding hydrogens is 331 g/mol. The van der Waals surface area contributed by atoms with Crippen LogP contribution in [0.25, 0.3) is 0 Å². The molecular formula is C12H11ClF3NO3S. The van der Waals surface area contributed by atoms with Crippen molar-refractivity contribution in [1.82, 2.24) is 5.32 Å². The van der Waals surface area contributed by atoms with E-state index in [0.29, 0.717) is 6.07 Å². The topological polar surface area (TPSA) is 63.2 Å². The molecule has 0 spiro atoms. The second-order valence-corrected chi connectivity index (χ2v) is 7.47. The van der Waals surface area contributed by atoms with E-state index in [2.05, 4.69) is 5.32 Å². The number of hydrogen-bond acceptors (Lipinski definition) is 3. The molecule has 2 unspecified atom stereocenters. The molecule has 2 atom stereocenters. The second kappa shape index (κ2) is 5.49. The molecule has 1 aliphatic heterocycles. The largest absolute Gasteiger partial charge is 0.416 e. The molecule has 21 heavy (non-hydrogen) atoms. The van der Waals surface area contributed by atoms with Gasteiger partial charge >= 0.3 is 6.18 Å². The van der Waals surface area contributed by atoms with Gasteiger partial charge in [0.2, 0.25) is 0 Å². The smallest absolute Gasteiger partial charge is 0.347 e. The monoisotopic (exact) mass is 341 g/mol. The fourth-order valence-electron chi connectivity index (χ4n) is 2.03. The summed E-state index contributed by atoms with van der Waals surface area (Å²) in [7, 11) is -3.33. The summed E-state index contributed by atoms with van der Waals surface area (Å²) in [5.41, 5.74) is -1.14. The maximum atomic E-state index is 12.6. The van der Waals surface area contributed by atoms with Crippen LogP contribution in [-0.2, 0) is 16.0 Å². The Bertz CT molecular complexity index is 660. The van der Waals surface area contributed by atoms with Crippen molar-refractivity contribution in [3.05, 3.63) is 35.4 Å². The van der Waals surface area contributed by atoms with Gasteiger partial charge in [-0.05, 0) is 18.2 Å². The van der Waals surface area contributed by atoms with Gasteiger partial charge in [0.25, 0.3) is 5.91 Å². The van der Waals surface area contributed by atoms with Crippen LogP contribution in [0.15, 0.2) is 24.3 Å². The lowest BCUT2D eigenvalue weighted by Crippen LogP contribution is -2.40. The molecule has 1 aliphatic rings. The Morgan fingerprint density at radius 3 is 2.48 bits per heavy atom. The highest BCUT2D eigenvalue weighted by Gasteiger charge is 2.37. The standard InChI is InChI=1S/C12H11ClF3NO3S/c13-9-5-21(19,20)6-10(9)17-11(18)7-2-1-3-8(4-7)12(14,15)16/h1-4,9-10H,5-6H2,(H,17,18). The Kier molecular flexibility index (Phi) is 4.21. The van der Waals surface area contributed by atoms with E-state index in [4.69, 9.17) is 11.6 Å². The van der Waals surface area contributed by atoms with Crippen LogP contribution >= 0.6 is 11.6 Å². The third-order valence-corrected chi connectivity index (χ3v) is 5.43. The molecule has 0 bridgehead atoms. The number of benzene rings is 1. The maximum Gasteiger partial charge on any atom is 0.416 e. The quantitative estimate of drug-likeness (QED) is 0.835. The first-order valence-corrected chi connectivity index (χ1v) is 8.17.